The van der Waals surface area contributed by atoms with E-state index in [9.17, 15) is 28.8 Å². The molecule has 0 bridgehead atoms. The molecule has 1 aliphatic rings. The number of hydrogen-bond donors (Lipinski definition) is 6. The van der Waals surface area contributed by atoms with Crippen molar-refractivity contribution in [3.05, 3.63) is 12.8 Å². The molecular weight excluding hydrogens is 825 g/mol. The fourth-order valence-corrected chi connectivity index (χ4v) is 6.50. The van der Waals surface area contributed by atoms with Gasteiger partial charge in [-0.05, 0) is 52.0 Å². The third-order valence-electron chi connectivity index (χ3n) is 9.97. The van der Waals surface area contributed by atoms with E-state index in [-0.39, 0.29) is 30.8 Å². The summed E-state index contributed by atoms with van der Waals surface area (Å²) in [7, 11) is 1.87. The van der Waals surface area contributed by atoms with Gasteiger partial charge in [0.1, 0.15) is 19.5 Å². The topological polar surface area (TPSA) is 228 Å². The molecule has 0 radical (unpaired) electrons. The van der Waals surface area contributed by atoms with Gasteiger partial charge >= 0.3 is 5.97 Å². The second kappa shape index (κ2) is 57.6. The number of carboxylic acid groups (broad SMARTS) is 1. The summed E-state index contributed by atoms with van der Waals surface area (Å²) in [6, 6.07) is 0. The number of carbonyl (C=O) groups is 6. The minimum absolute atomic E-state index is 0.0465. The van der Waals surface area contributed by atoms with E-state index in [1.807, 2.05) is 7.05 Å². The minimum Gasteiger partial charge on any atom is -0.516 e. The van der Waals surface area contributed by atoms with Crippen LogP contribution < -0.4 is 21.3 Å². The number of hydrogen-bond acceptors (Lipinski definition) is 12. The van der Waals surface area contributed by atoms with Gasteiger partial charge in [0, 0.05) is 45.4 Å². The van der Waals surface area contributed by atoms with Crippen LogP contribution in [0, 0.1) is 5.92 Å². The molecule has 0 saturated heterocycles. The Morgan fingerprint density at radius 1 is 0.594 bits per heavy atom. The summed E-state index contributed by atoms with van der Waals surface area (Å²) in [5.41, 5.74) is 0. The molecule has 3 amide bonds. The number of nitrogens with one attached hydrogen (secondary N) is 4. The predicted molar refractivity (Wildman–Crippen MR) is 253 cm³/mol. The van der Waals surface area contributed by atoms with Gasteiger partial charge in [0.2, 0.25) is 18.2 Å². The van der Waals surface area contributed by atoms with Crippen LogP contribution in [0.25, 0.3) is 0 Å². The fraction of sp³-hybridized carbons (Fsp3) is 0.833. The Hall–Kier alpha value is -3.44. The average molecular weight is 917 g/mol. The molecule has 0 aromatic rings. The Labute approximate surface area is 386 Å². The van der Waals surface area contributed by atoms with Crippen molar-refractivity contribution < 1.29 is 57.9 Å². The largest absolute Gasteiger partial charge is 0.516 e. The van der Waals surface area contributed by atoms with Gasteiger partial charge < -0.3 is 55.2 Å². The molecule has 16 nitrogen and oxygen atoms in total. The molecule has 1 rings (SSSR count). The number of ether oxygens (including phenoxy) is 4. The highest BCUT2D eigenvalue weighted by Crippen LogP contribution is 2.22. The van der Waals surface area contributed by atoms with Crippen LogP contribution in [0.2, 0.25) is 0 Å². The number of rotatable bonds is 42. The molecule has 0 aromatic heterocycles. The molecule has 1 aliphatic carbocycles. The number of amides is 3. The summed E-state index contributed by atoms with van der Waals surface area (Å²) in [5.74, 6) is 0.321. The molecule has 0 heterocycles. The molecule has 1 saturated carbocycles. The van der Waals surface area contributed by atoms with E-state index in [0.29, 0.717) is 84.7 Å². The quantitative estimate of drug-likeness (QED) is 0.0203. The minimum atomic E-state index is -0.663. The summed E-state index contributed by atoms with van der Waals surface area (Å²) in [5, 5.41) is 27.2. The van der Waals surface area contributed by atoms with E-state index in [0.717, 1.165) is 51.0 Å². The first-order valence-electron chi connectivity index (χ1n) is 24.2. The van der Waals surface area contributed by atoms with Crippen LogP contribution >= 0.6 is 0 Å². The Morgan fingerprint density at radius 3 is 1.53 bits per heavy atom. The number of carbonyl (C=O) groups excluding carboxylic acids is 5. The van der Waals surface area contributed by atoms with Gasteiger partial charge in [0.05, 0.1) is 45.9 Å². The normalized spacial score (nSPS) is 11.9. The van der Waals surface area contributed by atoms with Gasteiger partial charge in [-0.15, -0.1) is 0 Å². The van der Waals surface area contributed by atoms with Crippen LogP contribution in [0.15, 0.2) is 12.8 Å². The van der Waals surface area contributed by atoms with Crippen molar-refractivity contribution in [1.82, 2.24) is 21.3 Å². The molecule has 16 heteroatoms. The number of likely N-dealkylation sites (N-methyl/N-ethyl adjacent to an activating group) is 1. The second-order valence-electron chi connectivity index (χ2n) is 15.9. The van der Waals surface area contributed by atoms with Gasteiger partial charge in [-0.1, -0.05) is 116 Å². The lowest BCUT2D eigenvalue weighted by atomic mass is 9.89. The van der Waals surface area contributed by atoms with E-state index in [4.69, 9.17) is 29.2 Å². The molecule has 0 spiro atoms. The molecule has 0 unspecified atom stereocenters. The Kier molecular flexibility index (Phi) is 58.3. The van der Waals surface area contributed by atoms with Gasteiger partial charge in [-0.25, -0.2) is 0 Å². The summed E-state index contributed by atoms with van der Waals surface area (Å²) < 4.78 is 20.2. The number of aliphatic hydroxyl groups excluding tert-OH is 1. The lowest BCUT2D eigenvalue weighted by Gasteiger charge is -2.21. The van der Waals surface area contributed by atoms with E-state index in [1.165, 1.54) is 122 Å². The van der Waals surface area contributed by atoms with Crippen molar-refractivity contribution >= 4 is 36.3 Å². The standard InChI is InChI=1S/C27H51NO3.C11H20N2O5.C8H17NO3.C2H4O/c29-26(28-24-25-20-16-15-17-21-25)22-18-13-11-9-7-5-3-1-2-4-6-8-10-12-14-19-23-27(30)31;14-5-7-18-9-8-17-6-4-13-11(16)2-1-3-12-10-15;1-8(10)7-12-6-5-11-4-3-9-2;1-2-3/h25H,1-24H2,(H,28,29)(H,30,31);5,10H,1-4,6-9H2,(H,12,15)(H,13,16);9H,3-7H2,1-2H3;2-3H,1H2. The Bertz CT molecular complexity index is 1060. The fourth-order valence-electron chi connectivity index (χ4n) is 6.50. The van der Waals surface area contributed by atoms with E-state index in [1.54, 1.807) is 0 Å². The number of aliphatic hydroxyl groups is 1. The van der Waals surface area contributed by atoms with Crippen molar-refractivity contribution in [2.75, 3.05) is 86.1 Å². The molecule has 0 aliphatic heterocycles. The number of aldehydes is 1. The molecule has 6 N–H and O–H groups in total. The molecule has 376 valence electrons. The van der Waals surface area contributed by atoms with Crippen molar-refractivity contribution in [1.29, 1.82) is 0 Å². The molecule has 1 fully saturated rings. The van der Waals surface area contributed by atoms with Gasteiger partial charge in [0.25, 0.3) is 0 Å². The highest BCUT2D eigenvalue weighted by molar-refractivity contribution is 5.77. The van der Waals surface area contributed by atoms with Crippen LogP contribution in [-0.4, -0.2) is 133 Å². The zero-order chi connectivity index (χ0) is 47.8. The second-order valence-corrected chi connectivity index (χ2v) is 15.9. The predicted octanol–water partition coefficient (Wildman–Crippen LogP) is 7.17. The number of Topliss-reactive ketones (excluding diaryl/α,β-unsaturated/α-hetero) is 1. The van der Waals surface area contributed by atoms with Gasteiger partial charge in [-0.3, -0.25) is 24.0 Å². The Balaban J connectivity index is -0.000000948. The summed E-state index contributed by atoms with van der Waals surface area (Å²) in [6.07, 6.45) is 30.8. The first kappa shape index (κ1) is 64.8. The number of unbranched alkanes of at least 4 members (excludes halogenated alkanes) is 15. The molecule has 64 heavy (non-hydrogen) atoms. The third-order valence-corrected chi connectivity index (χ3v) is 9.97. The van der Waals surface area contributed by atoms with Crippen molar-refractivity contribution in [3.63, 3.8) is 0 Å². The number of ketones is 1. The first-order chi connectivity index (χ1) is 31.2. The first-order valence-corrected chi connectivity index (χ1v) is 24.2. The van der Waals surface area contributed by atoms with Crippen molar-refractivity contribution in [2.45, 2.75) is 167 Å². The molecular formula is C48H92N4O12. The maximum atomic E-state index is 11.9. The molecule has 0 atom stereocenters. The van der Waals surface area contributed by atoms with Crippen LogP contribution in [0.1, 0.15) is 167 Å². The lowest BCUT2D eigenvalue weighted by molar-refractivity contribution is -0.137. The van der Waals surface area contributed by atoms with Crippen LogP contribution in [0.5, 0.6) is 0 Å². The zero-order valence-corrected chi connectivity index (χ0v) is 40.2. The maximum absolute atomic E-state index is 11.9. The number of aliphatic carboxylic acids is 1. The maximum Gasteiger partial charge on any atom is 0.303 e. The summed E-state index contributed by atoms with van der Waals surface area (Å²) in [6.45, 7) is 10.3. The lowest BCUT2D eigenvalue weighted by Crippen LogP contribution is -2.29. The van der Waals surface area contributed by atoms with Crippen molar-refractivity contribution in [3.8, 4) is 0 Å². The zero-order valence-electron chi connectivity index (χ0n) is 40.2. The van der Waals surface area contributed by atoms with Crippen LogP contribution in [-0.2, 0) is 47.7 Å². The van der Waals surface area contributed by atoms with E-state index < -0.39 is 5.97 Å². The summed E-state index contributed by atoms with van der Waals surface area (Å²) in [4.78, 5) is 63.8. The highest BCUT2D eigenvalue weighted by atomic mass is 16.5. The monoisotopic (exact) mass is 917 g/mol. The van der Waals surface area contributed by atoms with Gasteiger partial charge in [-0.2, -0.15) is 0 Å². The van der Waals surface area contributed by atoms with E-state index in [2.05, 4.69) is 27.8 Å². The van der Waals surface area contributed by atoms with Crippen molar-refractivity contribution in [2.24, 2.45) is 5.92 Å². The van der Waals surface area contributed by atoms with Crippen LogP contribution in [0.4, 0.5) is 0 Å². The Morgan fingerprint density at radius 2 is 1.05 bits per heavy atom. The van der Waals surface area contributed by atoms with Crippen LogP contribution in [0.3, 0.4) is 0 Å². The third kappa shape index (κ3) is 62.9. The summed E-state index contributed by atoms with van der Waals surface area (Å²) >= 11 is 0. The highest BCUT2D eigenvalue weighted by Gasteiger charge is 2.14. The average Bonchev–Trinajstić information content (AvgIpc) is 3.28. The van der Waals surface area contributed by atoms with E-state index >= 15 is 0 Å². The molecule has 0 aromatic carbocycles. The SMILES string of the molecule is C=CO.CNCCOCCOCC(C)=O.O=C(O)CCCCCCCCCCCCCCCCCCC(=O)NCC1CCCCC1.O=CCOCCOCCNC(=O)CCCNC=O. The smallest absolute Gasteiger partial charge is 0.303 e. The van der Waals surface area contributed by atoms with Gasteiger partial charge in [0.15, 0.2) is 5.78 Å². The number of carboxylic acids is 1.